The van der Waals surface area contributed by atoms with Crippen LogP contribution < -0.4 is 9.47 Å². The molecule has 0 amide bonds. The topological polar surface area (TPSA) is 60.7 Å². The molecule has 0 atom stereocenters. The molecule has 5 nitrogen and oxygen atoms in total. The summed E-state index contributed by atoms with van der Waals surface area (Å²) in [6.07, 6.45) is 2.88. The van der Waals surface area contributed by atoms with E-state index in [2.05, 4.69) is 4.57 Å². The second kappa shape index (κ2) is 8.35. The van der Waals surface area contributed by atoms with Crippen molar-refractivity contribution >= 4 is 28.5 Å². The molecule has 0 saturated heterocycles. The maximum atomic E-state index is 10.6. The molecule has 142 valence electrons. The third kappa shape index (κ3) is 4.74. The van der Waals surface area contributed by atoms with Gasteiger partial charge in [-0.05, 0) is 67.8 Å². The Balaban J connectivity index is 1.57. The highest BCUT2D eigenvalue weighted by molar-refractivity contribution is 6.32. The van der Waals surface area contributed by atoms with Crippen LogP contribution in [-0.2, 0) is 11.3 Å². The molecule has 0 radical (unpaired) electrons. The predicted molar refractivity (Wildman–Crippen MR) is 106 cm³/mol. The molecule has 1 heterocycles. The fourth-order valence-electron chi connectivity index (χ4n) is 3.02. The first kappa shape index (κ1) is 19.1. The van der Waals surface area contributed by atoms with Crippen LogP contribution in [0.3, 0.4) is 0 Å². The number of carboxylic acids is 1. The number of carboxylic acid groups (broad SMARTS) is 1. The minimum Gasteiger partial charge on any atom is -0.494 e. The van der Waals surface area contributed by atoms with Gasteiger partial charge in [-0.25, -0.2) is 4.79 Å². The number of carbonyl (C=O) groups is 1. The summed E-state index contributed by atoms with van der Waals surface area (Å²) >= 11 is 6.18. The fraction of sp³-hybridized carbons (Fsp3) is 0.286. The number of aryl methyl sites for hydroxylation is 3. The van der Waals surface area contributed by atoms with E-state index < -0.39 is 5.97 Å². The van der Waals surface area contributed by atoms with Crippen LogP contribution >= 0.6 is 11.6 Å². The van der Waals surface area contributed by atoms with Gasteiger partial charge in [0.15, 0.2) is 6.61 Å². The number of aromatic nitrogens is 1. The van der Waals surface area contributed by atoms with Gasteiger partial charge in [-0.1, -0.05) is 11.6 Å². The highest BCUT2D eigenvalue weighted by Gasteiger charge is 2.06. The van der Waals surface area contributed by atoms with Crippen molar-refractivity contribution in [1.29, 1.82) is 0 Å². The Kier molecular flexibility index (Phi) is 5.91. The zero-order chi connectivity index (χ0) is 19.4. The van der Waals surface area contributed by atoms with Crippen LogP contribution in [0.5, 0.6) is 11.5 Å². The lowest BCUT2D eigenvalue weighted by molar-refractivity contribution is -0.139. The zero-order valence-electron chi connectivity index (χ0n) is 15.4. The summed E-state index contributed by atoms with van der Waals surface area (Å²) in [5.74, 6) is 0.408. The Bertz CT molecular complexity index is 941. The van der Waals surface area contributed by atoms with Crippen molar-refractivity contribution in [1.82, 2.24) is 4.57 Å². The number of hydrogen-bond acceptors (Lipinski definition) is 3. The maximum absolute atomic E-state index is 10.6. The van der Waals surface area contributed by atoms with Gasteiger partial charge in [-0.3, -0.25) is 0 Å². The highest BCUT2D eigenvalue weighted by Crippen LogP contribution is 2.26. The molecule has 6 heteroatoms. The fourth-order valence-corrected chi connectivity index (χ4v) is 3.13. The van der Waals surface area contributed by atoms with Crippen molar-refractivity contribution in [2.45, 2.75) is 26.8 Å². The van der Waals surface area contributed by atoms with Gasteiger partial charge >= 0.3 is 5.97 Å². The van der Waals surface area contributed by atoms with Gasteiger partial charge in [0, 0.05) is 28.7 Å². The van der Waals surface area contributed by atoms with Crippen LogP contribution in [-0.4, -0.2) is 28.9 Å². The van der Waals surface area contributed by atoms with E-state index in [0.29, 0.717) is 12.4 Å². The normalized spacial score (nSPS) is 10.9. The second-order valence-corrected chi connectivity index (χ2v) is 6.86. The Labute approximate surface area is 163 Å². The summed E-state index contributed by atoms with van der Waals surface area (Å²) in [5.41, 5.74) is 3.11. The van der Waals surface area contributed by atoms with E-state index >= 15 is 0 Å². The Morgan fingerprint density at radius 3 is 2.52 bits per heavy atom. The molecule has 0 spiro atoms. The summed E-state index contributed by atoms with van der Waals surface area (Å²) < 4.78 is 13.2. The quantitative estimate of drug-likeness (QED) is 0.561. The average molecular weight is 388 g/mol. The molecule has 3 aromatic rings. The van der Waals surface area contributed by atoms with Gasteiger partial charge in [0.05, 0.1) is 6.61 Å². The predicted octanol–water partition coefficient (Wildman–Crippen LogP) is 4.84. The smallest absolute Gasteiger partial charge is 0.341 e. The minimum absolute atomic E-state index is 0.340. The van der Waals surface area contributed by atoms with Gasteiger partial charge in [0.1, 0.15) is 11.5 Å². The molecular formula is C21H22ClNO4. The van der Waals surface area contributed by atoms with Gasteiger partial charge in [-0.2, -0.15) is 0 Å². The maximum Gasteiger partial charge on any atom is 0.341 e. The number of ether oxygens (including phenoxy) is 2. The Hall–Kier alpha value is -2.66. The van der Waals surface area contributed by atoms with E-state index in [4.69, 9.17) is 26.2 Å². The first-order chi connectivity index (χ1) is 12.9. The molecule has 0 aliphatic heterocycles. The van der Waals surface area contributed by atoms with Crippen LogP contribution in [0.2, 0.25) is 5.02 Å². The molecule has 0 bridgehead atoms. The van der Waals surface area contributed by atoms with Crippen LogP contribution in [0.4, 0.5) is 0 Å². The lowest BCUT2D eigenvalue weighted by atomic mass is 10.1. The van der Waals surface area contributed by atoms with Gasteiger partial charge in [0.2, 0.25) is 0 Å². The van der Waals surface area contributed by atoms with Crippen LogP contribution in [0.25, 0.3) is 10.9 Å². The third-order valence-corrected chi connectivity index (χ3v) is 4.92. The van der Waals surface area contributed by atoms with Crippen molar-refractivity contribution < 1.29 is 19.4 Å². The molecule has 0 aliphatic carbocycles. The van der Waals surface area contributed by atoms with E-state index in [1.165, 1.54) is 0 Å². The molecule has 1 aromatic heterocycles. The number of benzene rings is 2. The standard InChI is InChI=1S/C21H22ClNO4/c1-14-10-18(11-15(2)21(14)22)26-9-3-7-23-8-6-16-12-17(4-5-19(16)23)27-13-20(24)25/h4-6,8,10-12H,3,7,9,13H2,1-2H3,(H,24,25). The van der Waals surface area contributed by atoms with Gasteiger partial charge in [-0.15, -0.1) is 0 Å². The molecule has 2 aromatic carbocycles. The summed E-state index contributed by atoms with van der Waals surface area (Å²) in [6, 6.07) is 11.5. The first-order valence-corrected chi connectivity index (χ1v) is 9.15. The SMILES string of the molecule is Cc1cc(OCCCn2ccc3cc(OCC(=O)O)ccc32)cc(C)c1Cl. The van der Waals surface area contributed by atoms with Gasteiger partial charge in [0.25, 0.3) is 0 Å². The summed E-state index contributed by atoms with van der Waals surface area (Å²) in [6.45, 7) is 5.04. The largest absolute Gasteiger partial charge is 0.494 e. The van der Waals surface area contributed by atoms with E-state index in [9.17, 15) is 4.79 Å². The van der Waals surface area contributed by atoms with E-state index in [1.54, 1.807) is 6.07 Å². The highest BCUT2D eigenvalue weighted by atomic mass is 35.5. The molecular weight excluding hydrogens is 366 g/mol. The minimum atomic E-state index is -0.987. The molecule has 0 fully saturated rings. The van der Waals surface area contributed by atoms with Crippen LogP contribution in [0.15, 0.2) is 42.6 Å². The molecule has 27 heavy (non-hydrogen) atoms. The van der Waals surface area contributed by atoms with E-state index in [-0.39, 0.29) is 6.61 Å². The number of fused-ring (bicyclic) bond motifs is 1. The molecule has 0 unspecified atom stereocenters. The number of rotatable bonds is 8. The van der Waals surface area contributed by atoms with Crippen molar-refractivity contribution in [2.75, 3.05) is 13.2 Å². The van der Waals surface area contributed by atoms with E-state index in [1.807, 2.05) is 50.4 Å². The molecule has 0 saturated carbocycles. The summed E-state index contributed by atoms with van der Waals surface area (Å²) in [5, 5.41) is 10.5. The number of halogens is 1. The zero-order valence-corrected chi connectivity index (χ0v) is 16.1. The summed E-state index contributed by atoms with van der Waals surface area (Å²) in [7, 11) is 0. The van der Waals surface area contributed by atoms with Crippen LogP contribution in [0.1, 0.15) is 17.5 Å². The second-order valence-electron chi connectivity index (χ2n) is 6.49. The summed E-state index contributed by atoms with van der Waals surface area (Å²) in [4.78, 5) is 10.6. The molecule has 0 aliphatic rings. The number of aliphatic carboxylic acids is 1. The van der Waals surface area contributed by atoms with Crippen molar-refractivity contribution in [3.63, 3.8) is 0 Å². The lowest BCUT2D eigenvalue weighted by Gasteiger charge is -2.11. The van der Waals surface area contributed by atoms with Crippen molar-refractivity contribution in [2.24, 2.45) is 0 Å². The van der Waals surface area contributed by atoms with Crippen molar-refractivity contribution in [3.8, 4) is 11.5 Å². The number of nitrogens with zero attached hydrogens (tertiary/aromatic N) is 1. The van der Waals surface area contributed by atoms with Crippen LogP contribution in [0, 0.1) is 13.8 Å². The van der Waals surface area contributed by atoms with E-state index in [0.717, 1.165) is 45.8 Å². The molecule has 3 rings (SSSR count). The Morgan fingerprint density at radius 2 is 1.81 bits per heavy atom. The lowest BCUT2D eigenvalue weighted by Crippen LogP contribution is -2.09. The Morgan fingerprint density at radius 1 is 1.07 bits per heavy atom. The van der Waals surface area contributed by atoms with Gasteiger partial charge < -0.3 is 19.1 Å². The average Bonchev–Trinajstić information content (AvgIpc) is 3.03. The third-order valence-electron chi connectivity index (χ3n) is 4.33. The molecule has 1 N–H and O–H groups in total. The number of hydrogen-bond donors (Lipinski definition) is 1. The van der Waals surface area contributed by atoms with Crippen molar-refractivity contribution in [3.05, 3.63) is 58.7 Å². The monoisotopic (exact) mass is 387 g/mol. The first-order valence-electron chi connectivity index (χ1n) is 8.77.